The summed E-state index contributed by atoms with van der Waals surface area (Å²) in [5, 5.41) is 11.2. The highest BCUT2D eigenvalue weighted by atomic mass is 32.2. The first-order chi connectivity index (χ1) is 10.1. The van der Waals surface area contributed by atoms with Crippen LogP contribution in [0.1, 0.15) is 24.7 Å². The summed E-state index contributed by atoms with van der Waals surface area (Å²) in [4.78, 5) is 4.30. The zero-order chi connectivity index (χ0) is 15.3. The molecule has 0 bridgehead atoms. The van der Waals surface area contributed by atoms with Gasteiger partial charge in [0.05, 0.1) is 22.7 Å². The molecule has 0 aliphatic rings. The maximum absolute atomic E-state index is 12.2. The molecule has 0 amide bonds. The van der Waals surface area contributed by atoms with E-state index in [9.17, 15) is 13.5 Å². The van der Waals surface area contributed by atoms with Crippen molar-refractivity contribution < 1.29 is 13.5 Å². The van der Waals surface area contributed by atoms with E-state index in [1.54, 1.807) is 16.3 Å². The fourth-order valence-electron chi connectivity index (χ4n) is 2.01. The van der Waals surface area contributed by atoms with Gasteiger partial charge in [0.2, 0.25) is 10.0 Å². The quantitative estimate of drug-likeness (QED) is 0.766. The van der Waals surface area contributed by atoms with Crippen molar-refractivity contribution in [1.29, 1.82) is 0 Å². The smallest absolute Gasteiger partial charge is 0.242 e. The normalized spacial score (nSPS) is 11.9. The molecule has 2 N–H and O–H groups in total. The minimum absolute atomic E-state index is 0.172. The Hall–Kier alpha value is -1.22. The van der Waals surface area contributed by atoms with E-state index in [0.717, 1.165) is 12.1 Å². The van der Waals surface area contributed by atoms with Gasteiger partial charge in [-0.25, -0.2) is 18.1 Å². The van der Waals surface area contributed by atoms with E-state index < -0.39 is 10.0 Å². The van der Waals surface area contributed by atoms with Crippen LogP contribution in [0.5, 0.6) is 0 Å². The lowest BCUT2D eigenvalue weighted by molar-refractivity contribution is 0.270. The van der Waals surface area contributed by atoms with Gasteiger partial charge < -0.3 is 9.67 Å². The summed E-state index contributed by atoms with van der Waals surface area (Å²) in [6.45, 7) is 2.82. The monoisotopic (exact) mass is 329 g/mol. The number of thiazole rings is 1. The van der Waals surface area contributed by atoms with E-state index in [1.807, 2.05) is 12.3 Å². The first-order valence-corrected chi connectivity index (χ1v) is 9.16. The number of hydrogen-bond donors (Lipinski definition) is 2. The number of aromatic nitrogens is 2. The molecular formula is C13H19N3O3S2. The molecule has 2 rings (SSSR count). The van der Waals surface area contributed by atoms with Crippen LogP contribution >= 0.6 is 11.3 Å². The Morgan fingerprint density at radius 1 is 1.48 bits per heavy atom. The van der Waals surface area contributed by atoms with Gasteiger partial charge >= 0.3 is 0 Å². The van der Waals surface area contributed by atoms with Crippen molar-refractivity contribution in [2.75, 3.05) is 6.54 Å². The Bertz CT molecular complexity index is 663. The molecule has 0 aliphatic heterocycles. The molecule has 0 spiro atoms. The third-order valence-corrected chi connectivity index (χ3v) is 5.12. The van der Waals surface area contributed by atoms with Crippen LogP contribution in [-0.4, -0.2) is 29.6 Å². The molecule has 8 heteroatoms. The number of aliphatic hydroxyl groups is 1. The van der Waals surface area contributed by atoms with Gasteiger partial charge in [-0.2, -0.15) is 0 Å². The van der Waals surface area contributed by atoms with Crippen LogP contribution in [0.3, 0.4) is 0 Å². The molecule has 116 valence electrons. The summed E-state index contributed by atoms with van der Waals surface area (Å²) < 4.78 is 28.8. The highest BCUT2D eigenvalue weighted by molar-refractivity contribution is 7.89. The Morgan fingerprint density at radius 2 is 2.29 bits per heavy atom. The first kappa shape index (κ1) is 16.2. The van der Waals surface area contributed by atoms with E-state index in [2.05, 4.69) is 9.71 Å². The number of nitrogens with zero attached hydrogens (tertiary/aromatic N) is 2. The maximum atomic E-state index is 12.2. The van der Waals surface area contributed by atoms with Crippen molar-refractivity contribution in [2.45, 2.75) is 37.8 Å². The number of rotatable bonds is 8. The van der Waals surface area contributed by atoms with E-state index in [0.29, 0.717) is 25.2 Å². The SMILES string of the molecule is CCCn1cc(S(=O)(=O)NCCc2cscn2)cc1CO. The molecule has 0 aliphatic carbocycles. The van der Waals surface area contributed by atoms with Gasteiger partial charge in [0, 0.05) is 36.8 Å². The topological polar surface area (TPSA) is 84.2 Å². The predicted octanol–water partition coefficient (Wildman–Crippen LogP) is 1.37. The van der Waals surface area contributed by atoms with Crippen molar-refractivity contribution in [3.05, 3.63) is 34.5 Å². The number of hydrogen-bond acceptors (Lipinski definition) is 5. The van der Waals surface area contributed by atoms with Crippen molar-refractivity contribution in [3.8, 4) is 0 Å². The molecule has 0 unspecified atom stereocenters. The third kappa shape index (κ3) is 4.13. The van der Waals surface area contributed by atoms with Crippen molar-refractivity contribution >= 4 is 21.4 Å². The predicted molar refractivity (Wildman–Crippen MR) is 81.7 cm³/mol. The molecule has 21 heavy (non-hydrogen) atoms. The van der Waals surface area contributed by atoms with Crippen LogP contribution in [-0.2, 0) is 29.6 Å². The molecule has 0 atom stereocenters. The largest absolute Gasteiger partial charge is 0.390 e. The molecule has 0 saturated heterocycles. The van der Waals surface area contributed by atoms with Gasteiger partial charge in [0.15, 0.2) is 0 Å². The summed E-state index contributed by atoms with van der Waals surface area (Å²) in [5.74, 6) is 0. The molecule has 2 aromatic rings. The highest BCUT2D eigenvalue weighted by Gasteiger charge is 2.17. The van der Waals surface area contributed by atoms with Gasteiger partial charge in [-0.3, -0.25) is 0 Å². The lowest BCUT2D eigenvalue weighted by Gasteiger charge is -2.04. The van der Waals surface area contributed by atoms with Gasteiger partial charge in [-0.05, 0) is 12.5 Å². The van der Waals surface area contributed by atoms with Gasteiger partial charge in [0.1, 0.15) is 0 Å². The molecule has 0 saturated carbocycles. The number of nitrogens with one attached hydrogen (secondary N) is 1. The second kappa shape index (κ2) is 7.17. The third-order valence-electron chi connectivity index (χ3n) is 3.05. The number of aryl methyl sites for hydroxylation is 1. The van der Waals surface area contributed by atoms with Gasteiger partial charge in [0.25, 0.3) is 0 Å². The van der Waals surface area contributed by atoms with E-state index >= 15 is 0 Å². The minimum atomic E-state index is -3.55. The summed E-state index contributed by atoms with van der Waals surface area (Å²) in [6, 6.07) is 1.51. The van der Waals surface area contributed by atoms with Crippen LogP contribution in [0.15, 0.2) is 28.0 Å². The van der Waals surface area contributed by atoms with Gasteiger partial charge in [-0.1, -0.05) is 6.92 Å². The molecule has 0 fully saturated rings. The molecule has 0 aromatic carbocycles. The first-order valence-electron chi connectivity index (χ1n) is 6.73. The maximum Gasteiger partial charge on any atom is 0.242 e. The Balaban J connectivity index is 2.04. The second-order valence-corrected chi connectivity index (χ2v) is 7.13. The van der Waals surface area contributed by atoms with Crippen molar-refractivity contribution in [2.24, 2.45) is 0 Å². The van der Waals surface area contributed by atoms with Crippen molar-refractivity contribution in [1.82, 2.24) is 14.3 Å². The fraction of sp³-hybridized carbons (Fsp3) is 0.462. The summed E-state index contributed by atoms with van der Waals surface area (Å²) in [6.07, 6.45) is 3.00. The summed E-state index contributed by atoms with van der Waals surface area (Å²) >= 11 is 1.49. The average Bonchev–Trinajstić information content (AvgIpc) is 3.08. The van der Waals surface area contributed by atoms with Crippen LogP contribution < -0.4 is 4.72 Å². The van der Waals surface area contributed by atoms with E-state index in [1.165, 1.54) is 17.4 Å². The molecule has 6 nitrogen and oxygen atoms in total. The molecule has 2 heterocycles. The number of aliphatic hydroxyl groups excluding tert-OH is 1. The Labute approximate surface area is 128 Å². The Kier molecular flexibility index (Phi) is 5.51. The average molecular weight is 329 g/mol. The lowest BCUT2D eigenvalue weighted by atomic mass is 10.3. The lowest BCUT2D eigenvalue weighted by Crippen LogP contribution is -2.25. The van der Waals surface area contributed by atoms with Crippen LogP contribution in [0.2, 0.25) is 0 Å². The summed E-state index contributed by atoms with van der Waals surface area (Å²) in [7, 11) is -3.55. The number of sulfonamides is 1. The zero-order valence-corrected chi connectivity index (χ0v) is 13.5. The van der Waals surface area contributed by atoms with E-state index in [-0.39, 0.29) is 11.5 Å². The highest BCUT2D eigenvalue weighted by Crippen LogP contribution is 2.15. The summed E-state index contributed by atoms with van der Waals surface area (Å²) in [5.41, 5.74) is 3.21. The van der Waals surface area contributed by atoms with Crippen LogP contribution in [0, 0.1) is 0 Å². The van der Waals surface area contributed by atoms with Crippen molar-refractivity contribution in [3.63, 3.8) is 0 Å². The van der Waals surface area contributed by atoms with E-state index in [4.69, 9.17) is 0 Å². The molecule has 0 radical (unpaired) electrons. The zero-order valence-electron chi connectivity index (χ0n) is 11.8. The minimum Gasteiger partial charge on any atom is -0.390 e. The van der Waals surface area contributed by atoms with Gasteiger partial charge in [-0.15, -0.1) is 11.3 Å². The second-order valence-electron chi connectivity index (χ2n) is 4.65. The van der Waals surface area contributed by atoms with Crippen LogP contribution in [0.4, 0.5) is 0 Å². The standard InChI is InChI=1S/C13H19N3O3S2/c1-2-5-16-7-13(6-12(16)8-17)21(18,19)15-4-3-11-9-20-10-14-11/h6-7,9-10,15,17H,2-5,8H2,1H3. The molecule has 2 aromatic heterocycles. The molecular weight excluding hydrogens is 310 g/mol. The fourth-order valence-corrected chi connectivity index (χ4v) is 3.70. The van der Waals surface area contributed by atoms with Crippen LogP contribution in [0.25, 0.3) is 0 Å². The Morgan fingerprint density at radius 3 is 2.90 bits per heavy atom.